The van der Waals surface area contributed by atoms with Gasteiger partial charge in [-0.1, -0.05) is 0 Å². The normalized spacial score (nSPS) is 26.6. The lowest BCUT2D eigenvalue weighted by Gasteiger charge is -2.37. The Morgan fingerprint density at radius 2 is 2.15 bits per heavy atom. The Morgan fingerprint density at radius 1 is 1.46 bits per heavy atom. The molecule has 2 amide bonds. The number of amides is 2. The monoisotopic (exact) mass is 185 g/mol. The predicted molar refractivity (Wildman–Crippen MR) is 47.1 cm³/mol. The number of carbonyl (C=O) groups is 1. The second-order valence-corrected chi connectivity index (χ2v) is 3.72. The van der Waals surface area contributed by atoms with Gasteiger partial charge in [0.25, 0.3) is 0 Å². The van der Waals surface area contributed by atoms with Gasteiger partial charge in [-0.3, -0.25) is 5.32 Å². The summed E-state index contributed by atoms with van der Waals surface area (Å²) in [6.45, 7) is 2.98. The topological polar surface area (TPSA) is 67.6 Å². The van der Waals surface area contributed by atoms with E-state index in [0.717, 1.165) is 32.5 Å². The molecule has 1 spiro atoms. The number of hydrogen-bond acceptors (Lipinski definition) is 3. The maximum absolute atomic E-state index is 10.8. The average Bonchev–Trinajstić information content (AvgIpc) is 2.54. The summed E-state index contributed by atoms with van der Waals surface area (Å²) >= 11 is 0. The van der Waals surface area contributed by atoms with Crippen LogP contribution in [-0.2, 0) is 4.74 Å². The second-order valence-electron chi connectivity index (χ2n) is 3.72. The van der Waals surface area contributed by atoms with Crippen LogP contribution in [0.3, 0.4) is 0 Å². The number of primary amides is 1. The molecule has 0 aromatic carbocycles. The van der Waals surface area contributed by atoms with E-state index >= 15 is 0 Å². The first-order valence-corrected chi connectivity index (χ1v) is 4.61. The summed E-state index contributed by atoms with van der Waals surface area (Å²) in [6.07, 6.45) is 1.78. The highest BCUT2D eigenvalue weighted by molar-refractivity contribution is 5.72. The molecule has 0 bridgehead atoms. The minimum absolute atomic E-state index is 0.0219. The highest BCUT2D eigenvalue weighted by Gasteiger charge is 2.38. The van der Waals surface area contributed by atoms with E-state index in [0.29, 0.717) is 6.73 Å². The van der Waals surface area contributed by atoms with Crippen molar-refractivity contribution in [2.75, 3.05) is 26.4 Å². The van der Waals surface area contributed by atoms with E-state index in [1.165, 1.54) is 0 Å². The van der Waals surface area contributed by atoms with Crippen LogP contribution in [0.15, 0.2) is 0 Å². The molecule has 0 atom stereocenters. The van der Waals surface area contributed by atoms with Crippen molar-refractivity contribution in [2.24, 2.45) is 5.73 Å². The van der Waals surface area contributed by atoms with E-state index < -0.39 is 0 Å². The van der Waals surface area contributed by atoms with E-state index in [-0.39, 0.29) is 11.6 Å². The zero-order chi connectivity index (χ0) is 9.31. The van der Waals surface area contributed by atoms with Crippen molar-refractivity contribution in [1.82, 2.24) is 10.2 Å². The molecular formula is C8H15N3O2. The number of nitrogens with zero attached hydrogens (tertiary/aromatic N) is 1. The minimum Gasteiger partial charge on any atom is -0.358 e. The fourth-order valence-corrected chi connectivity index (χ4v) is 1.99. The lowest BCUT2D eigenvalue weighted by molar-refractivity contribution is -0.0287. The molecule has 0 unspecified atom stereocenters. The van der Waals surface area contributed by atoms with Gasteiger partial charge in [0, 0.05) is 19.6 Å². The molecule has 74 valence electrons. The SMILES string of the molecule is NC(=O)N1CCC2(CC1)CNCO2. The smallest absolute Gasteiger partial charge is 0.314 e. The van der Waals surface area contributed by atoms with Crippen molar-refractivity contribution in [3.05, 3.63) is 0 Å². The number of ether oxygens (including phenoxy) is 1. The highest BCUT2D eigenvalue weighted by atomic mass is 16.5. The standard InChI is InChI=1S/C8H15N3O2/c9-7(12)11-3-1-8(2-4-11)5-10-6-13-8/h10H,1-6H2,(H2,9,12). The summed E-state index contributed by atoms with van der Waals surface area (Å²) in [6, 6.07) is -0.319. The van der Waals surface area contributed by atoms with Crippen LogP contribution < -0.4 is 11.1 Å². The van der Waals surface area contributed by atoms with E-state index in [4.69, 9.17) is 10.5 Å². The molecule has 0 aromatic rings. The number of urea groups is 1. The van der Waals surface area contributed by atoms with Gasteiger partial charge in [-0.2, -0.15) is 0 Å². The molecule has 2 heterocycles. The Balaban J connectivity index is 1.91. The van der Waals surface area contributed by atoms with Crippen LogP contribution in [0.2, 0.25) is 0 Å². The molecule has 2 aliphatic heterocycles. The first kappa shape index (κ1) is 8.77. The third kappa shape index (κ3) is 1.62. The zero-order valence-corrected chi connectivity index (χ0v) is 7.58. The second kappa shape index (κ2) is 3.16. The van der Waals surface area contributed by atoms with Gasteiger partial charge in [-0.15, -0.1) is 0 Å². The fourth-order valence-electron chi connectivity index (χ4n) is 1.99. The van der Waals surface area contributed by atoms with Crippen LogP contribution in [0.5, 0.6) is 0 Å². The average molecular weight is 185 g/mol. The number of nitrogens with two attached hydrogens (primary N) is 1. The molecule has 5 heteroatoms. The number of piperidine rings is 1. The van der Waals surface area contributed by atoms with Gasteiger partial charge in [0.1, 0.15) is 0 Å². The molecule has 3 N–H and O–H groups in total. The van der Waals surface area contributed by atoms with Crippen LogP contribution >= 0.6 is 0 Å². The first-order chi connectivity index (χ1) is 6.22. The third-order valence-electron chi connectivity index (χ3n) is 2.91. The van der Waals surface area contributed by atoms with Crippen molar-refractivity contribution >= 4 is 6.03 Å². The highest BCUT2D eigenvalue weighted by Crippen LogP contribution is 2.27. The maximum atomic E-state index is 10.8. The Labute approximate surface area is 77.2 Å². The number of carbonyl (C=O) groups excluding carboxylic acids is 1. The Morgan fingerprint density at radius 3 is 2.62 bits per heavy atom. The Hall–Kier alpha value is -0.810. The van der Waals surface area contributed by atoms with Gasteiger partial charge in [0.05, 0.1) is 12.3 Å². The first-order valence-electron chi connectivity index (χ1n) is 4.61. The van der Waals surface area contributed by atoms with Crippen LogP contribution in [0.4, 0.5) is 4.79 Å². The lowest BCUT2D eigenvalue weighted by Crippen LogP contribution is -2.49. The number of rotatable bonds is 0. The van der Waals surface area contributed by atoms with Crippen molar-refractivity contribution < 1.29 is 9.53 Å². The molecule has 0 saturated carbocycles. The molecule has 2 rings (SSSR count). The van der Waals surface area contributed by atoms with E-state index in [1.54, 1.807) is 4.90 Å². The van der Waals surface area contributed by atoms with Gasteiger partial charge < -0.3 is 15.4 Å². The van der Waals surface area contributed by atoms with Gasteiger partial charge in [-0.05, 0) is 12.8 Å². The molecular weight excluding hydrogens is 170 g/mol. The summed E-state index contributed by atoms with van der Waals surface area (Å²) in [7, 11) is 0. The van der Waals surface area contributed by atoms with Crippen LogP contribution in [0.1, 0.15) is 12.8 Å². The summed E-state index contributed by atoms with van der Waals surface area (Å²) in [5.41, 5.74) is 5.16. The van der Waals surface area contributed by atoms with Crippen molar-refractivity contribution in [2.45, 2.75) is 18.4 Å². The quantitative estimate of drug-likeness (QED) is 0.533. The molecule has 0 radical (unpaired) electrons. The summed E-state index contributed by atoms with van der Waals surface area (Å²) < 4.78 is 5.62. The third-order valence-corrected chi connectivity index (χ3v) is 2.91. The number of likely N-dealkylation sites (tertiary alicyclic amines) is 1. The molecule has 0 aromatic heterocycles. The van der Waals surface area contributed by atoms with Crippen LogP contribution in [0, 0.1) is 0 Å². The zero-order valence-electron chi connectivity index (χ0n) is 7.58. The molecule has 2 aliphatic rings. The molecule has 5 nitrogen and oxygen atoms in total. The number of nitrogens with one attached hydrogen (secondary N) is 1. The van der Waals surface area contributed by atoms with Gasteiger partial charge >= 0.3 is 6.03 Å². The van der Waals surface area contributed by atoms with Crippen LogP contribution in [0.25, 0.3) is 0 Å². The largest absolute Gasteiger partial charge is 0.358 e. The predicted octanol–water partition coefficient (Wildman–Crippen LogP) is -0.523. The fraction of sp³-hybridized carbons (Fsp3) is 0.875. The van der Waals surface area contributed by atoms with E-state index in [9.17, 15) is 4.79 Å². The van der Waals surface area contributed by atoms with Crippen molar-refractivity contribution in [3.63, 3.8) is 0 Å². The number of hydrogen-bond donors (Lipinski definition) is 2. The lowest BCUT2D eigenvalue weighted by atomic mass is 9.92. The molecule has 0 aliphatic carbocycles. The van der Waals surface area contributed by atoms with Gasteiger partial charge in [0.2, 0.25) is 0 Å². The van der Waals surface area contributed by atoms with Crippen molar-refractivity contribution in [3.8, 4) is 0 Å². The van der Waals surface area contributed by atoms with Crippen molar-refractivity contribution in [1.29, 1.82) is 0 Å². The van der Waals surface area contributed by atoms with Gasteiger partial charge in [0.15, 0.2) is 0 Å². The molecule has 2 saturated heterocycles. The summed E-state index contributed by atoms with van der Waals surface area (Å²) in [5, 5.41) is 3.17. The minimum atomic E-state index is -0.319. The summed E-state index contributed by atoms with van der Waals surface area (Å²) in [5.74, 6) is 0. The van der Waals surface area contributed by atoms with Crippen LogP contribution in [-0.4, -0.2) is 42.9 Å². The van der Waals surface area contributed by atoms with E-state index in [2.05, 4.69) is 5.32 Å². The Kier molecular flexibility index (Phi) is 2.13. The molecule has 13 heavy (non-hydrogen) atoms. The summed E-state index contributed by atoms with van der Waals surface area (Å²) in [4.78, 5) is 12.5. The van der Waals surface area contributed by atoms with Gasteiger partial charge in [-0.25, -0.2) is 4.79 Å². The maximum Gasteiger partial charge on any atom is 0.314 e. The van der Waals surface area contributed by atoms with E-state index in [1.807, 2.05) is 0 Å². The Bertz CT molecular complexity index is 203. The molecule has 2 fully saturated rings.